The van der Waals surface area contributed by atoms with Crippen molar-refractivity contribution in [3.05, 3.63) is 28.3 Å². The Morgan fingerprint density at radius 3 is 1.96 bits per heavy atom. The van der Waals surface area contributed by atoms with Gasteiger partial charge in [-0.2, -0.15) is 4.72 Å². The zero-order valence-corrected chi connectivity index (χ0v) is 18.8. The van der Waals surface area contributed by atoms with Gasteiger partial charge in [-0.15, -0.1) is 0 Å². The summed E-state index contributed by atoms with van der Waals surface area (Å²) >= 11 is 5.08. The quantitative estimate of drug-likeness (QED) is 0.444. The molecule has 0 saturated heterocycles. The Morgan fingerprint density at radius 1 is 1.04 bits per heavy atom. The molecule has 1 amide bonds. The summed E-state index contributed by atoms with van der Waals surface area (Å²) in [5, 5.41) is 3.22. The second kappa shape index (κ2) is 8.53. The van der Waals surface area contributed by atoms with Crippen LogP contribution in [0.15, 0.2) is 11.0 Å². The third-order valence-electron chi connectivity index (χ3n) is 4.08. The number of aryl methyl sites for hydroxylation is 2. The van der Waals surface area contributed by atoms with Crippen molar-refractivity contribution in [3.63, 3.8) is 0 Å². The van der Waals surface area contributed by atoms with Gasteiger partial charge in [0.2, 0.25) is 10.0 Å². The summed E-state index contributed by atoms with van der Waals surface area (Å²) in [4.78, 5) is 12.5. The Morgan fingerprint density at radius 2 is 1.52 bits per heavy atom. The molecule has 1 aromatic carbocycles. The van der Waals surface area contributed by atoms with E-state index in [0.29, 0.717) is 11.1 Å². The molecule has 0 bridgehead atoms. The molecule has 1 rings (SSSR count). The predicted molar refractivity (Wildman–Crippen MR) is 112 cm³/mol. The standard InChI is InChI=1S/C18H30N4O3S2/c1-10-9-11(2)13(4)15(12(10)3)27(24,25)22-14(5)16(23)20-21-17(26)19-18(6,7)8/h9,14,22H,1-8H3,(H,20,23)(H2,19,21,26)/t14-/m0/s1. The molecule has 0 spiro atoms. The fourth-order valence-electron chi connectivity index (χ4n) is 2.53. The maximum Gasteiger partial charge on any atom is 0.256 e. The molecule has 0 aliphatic heterocycles. The molecule has 0 aliphatic rings. The zero-order valence-electron chi connectivity index (χ0n) is 17.2. The molecule has 9 heteroatoms. The lowest BCUT2D eigenvalue weighted by Crippen LogP contribution is -2.55. The van der Waals surface area contributed by atoms with Crippen LogP contribution in [0.2, 0.25) is 0 Å². The predicted octanol–water partition coefficient (Wildman–Crippen LogP) is 1.88. The molecule has 1 atom stereocenters. The highest BCUT2D eigenvalue weighted by atomic mass is 32.2. The monoisotopic (exact) mass is 414 g/mol. The van der Waals surface area contributed by atoms with Crippen molar-refractivity contribution in [2.45, 2.75) is 71.9 Å². The Bertz CT molecular complexity index is 817. The number of benzene rings is 1. The Balaban J connectivity index is 2.89. The van der Waals surface area contributed by atoms with Gasteiger partial charge in [-0.1, -0.05) is 6.07 Å². The van der Waals surface area contributed by atoms with E-state index < -0.39 is 22.0 Å². The first-order chi connectivity index (χ1) is 12.2. The number of thiocarbonyl (C=S) groups is 1. The van der Waals surface area contributed by atoms with E-state index in [9.17, 15) is 13.2 Å². The third-order valence-corrected chi connectivity index (χ3v) is 6.10. The van der Waals surface area contributed by atoms with Crippen LogP contribution < -0.4 is 20.9 Å². The normalized spacial score (nSPS) is 13.0. The van der Waals surface area contributed by atoms with E-state index in [-0.39, 0.29) is 15.5 Å². The number of hydrogen-bond donors (Lipinski definition) is 4. The number of hydrazine groups is 1. The summed E-state index contributed by atoms with van der Waals surface area (Å²) in [6.07, 6.45) is 0. The maximum absolute atomic E-state index is 12.9. The van der Waals surface area contributed by atoms with Crippen LogP contribution in [0.25, 0.3) is 0 Å². The minimum Gasteiger partial charge on any atom is -0.357 e. The number of carbonyl (C=O) groups is 1. The van der Waals surface area contributed by atoms with Gasteiger partial charge in [0.15, 0.2) is 5.11 Å². The molecule has 0 aromatic heterocycles. The summed E-state index contributed by atoms with van der Waals surface area (Å²) in [5.41, 5.74) is 7.84. The minimum atomic E-state index is -3.87. The van der Waals surface area contributed by atoms with Crippen LogP contribution >= 0.6 is 12.2 Å². The van der Waals surface area contributed by atoms with E-state index in [0.717, 1.165) is 11.1 Å². The highest BCUT2D eigenvalue weighted by Crippen LogP contribution is 2.26. The zero-order chi connectivity index (χ0) is 21.2. The highest BCUT2D eigenvalue weighted by molar-refractivity contribution is 7.89. The second-order valence-electron chi connectivity index (χ2n) is 7.75. The second-order valence-corrected chi connectivity index (χ2v) is 9.81. The molecule has 4 N–H and O–H groups in total. The van der Waals surface area contributed by atoms with Gasteiger partial charge in [0, 0.05) is 5.54 Å². The van der Waals surface area contributed by atoms with Crippen molar-refractivity contribution in [2.75, 3.05) is 0 Å². The Hall–Kier alpha value is -1.71. The maximum atomic E-state index is 12.9. The van der Waals surface area contributed by atoms with Crippen LogP contribution in [0.5, 0.6) is 0 Å². The van der Waals surface area contributed by atoms with Gasteiger partial charge in [-0.3, -0.25) is 15.6 Å². The summed E-state index contributed by atoms with van der Waals surface area (Å²) in [7, 11) is -3.87. The summed E-state index contributed by atoms with van der Waals surface area (Å²) in [6.45, 7) is 14.5. The molecule has 0 fully saturated rings. The molecule has 152 valence electrons. The van der Waals surface area contributed by atoms with Gasteiger partial charge in [-0.25, -0.2) is 8.42 Å². The van der Waals surface area contributed by atoms with Crippen molar-refractivity contribution in [1.29, 1.82) is 0 Å². The molecule has 0 radical (unpaired) electrons. The minimum absolute atomic E-state index is 0.220. The Labute approximate surface area is 167 Å². The third kappa shape index (κ3) is 6.44. The van der Waals surface area contributed by atoms with Crippen LogP contribution in [-0.2, 0) is 14.8 Å². The molecule has 1 aromatic rings. The van der Waals surface area contributed by atoms with Gasteiger partial charge >= 0.3 is 0 Å². The topological polar surface area (TPSA) is 99.3 Å². The van der Waals surface area contributed by atoms with Crippen LogP contribution in [-0.4, -0.2) is 31.0 Å². The number of amides is 1. The van der Waals surface area contributed by atoms with Gasteiger partial charge in [0.1, 0.15) is 0 Å². The van der Waals surface area contributed by atoms with Crippen molar-refractivity contribution in [3.8, 4) is 0 Å². The number of rotatable bonds is 4. The molecule has 0 unspecified atom stereocenters. The van der Waals surface area contributed by atoms with E-state index in [1.54, 1.807) is 13.8 Å². The van der Waals surface area contributed by atoms with Crippen molar-refractivity contribution in [1.82, 2.24) is 20.9 Å². The number of hydrogen-bond acceptors (Lipinski definition) is 4. The highest BCUT2D eigenvalue weighted by Gasteiger charge is 2.26. The first-order valence-electron chi connectivity index (χ1n) is 8.63. The van der Waals surface area contributed by atoms with Crippen LogP contribution in [0.3, 0.4) is 0 Å². The molecule has 0 aliphatic carbocycles. The average Bonchev–Trinajstić information content (AvgIpc) is 2.48. The first-order valence-corrected chi connectivity index (χ1v) is 10.5. The molecular weight excluding hydrogens is 384 g/mol. The lowest BCUT2D eigenvalue weighted by molar-refractivity contribution is -0.122. The van der Waals surface area contributed by atoms with Crippen molar-refractivity contribution < 1.29 is 13.2 Å². The van der Waals surface area contributed by atoms with Crippen LogP contribution in [0, 0.1) is 27.7 Å². The molecule has 7 nitrogen and oxygen atoms in total. The fraction of sp³-hybridized carbons (Fsp3) is 0.556. The van der Waals surface area contributed by atoms with Crippen LogP contribution in [0.1, 0.15) is 49.9 Å². The van der Waals surface area contributed by atoms with E-state index >= 15 is 0 Å². The fourth-order valence-corrected chi connectivity index (χ4v) is 4.70. The lowest BCUT2D eigenvalue weighted by atomic mass is 10.0. The molecular formula is C18H30N4O3S2. The van der Waals surface area contributed by atoms with E-state index in [2.05, 4.69) is 20.9 Å². The van der Waals surface area contributed by atoms with Gasteiger partial charge < -0.3 is 5.32 Å². The number of sulfonamides is 1. The Kier molecular flexibility index (Phi) is 7.37. The summed E-state index contributed by atoms with van der Waals surface area (Å²) in [6, 6.07) is 0.965. The SMILES string of the molecule is Cc1cc(C)c(C)c(S(=O)(=O)N[C@@H](C)C(=O)NNC(=S)NC(C)(C)C)c1C. The number of nitrogens with one attached hydrogen (secondary N) is 4. The van der Waals surface area contributed by atoms with Crippen molar-refractivity contribution >= 4 is 33.3 Å². The lowest BCUT2D eigenvalue weighted by Gasteiger charge is -2.24. The van der Waals surface area contributed by atoms with Gasteiger partial charge in [-0.05, 0) is 89.9 Å². The average molecular weight is 415 g/mol. The van der Waals surface area contributed by atoms with E-state index in [4.69, 9.17) is 12.2 Å². The number of carbonyl (C=O) groups excluding carboxylic acids is 1. The molecule has 27 heavy (non-hydrogen) atoms. The van der Waals surface area contributed by atoms with Crippen molar-refractivity contribution in [2.24, 2.45) is 0 Å². The van der Waals surface area contributed by atoms with Gasteiger partial charge in [0.05, 0.1) is 10.9 Å². The summed E-state index contributed by atoms with van der Waals surface area (Å²) in [5.74, 6) is -0.545. The molecule has 0 heterocycles. The van der Waals surface area contributed by atoms with E-state index in [1.807, 2.05) is 40.7 Å². The van der Waals surface area contributed by atoms with Gasteiger partial charge in [0.25, 0.3) is 5.91 Å². The first kappa shape index (κ1) is 23.3. The van der Waals surface area contributed by atoms with E-state index in [1.165, 1.54) is 6.92 Å². The molecule has 0 saturated carbocycles. The summed E-state index contributed by atoms with van der Waals surface area (Å²) < 4.78 is 28.2. The largest absolute Gasteiger partial charge is 0.357 e. The smallest absolute Gasteiger partial charge is 0.256 e. The van der Waals surface area contributed by atoms with Crippen LogP contribution in [0.4, 0.5) is 0 Å².